The summed E-state index contributed by atoms with van der Waals surface area (Å²) in [5, 5.41) is 7.61. The number of hydrogen-bond acceptors (Lipinski definition) is 12. The van der Waals surface area contributed by atoms with Gasteiger partial charge in [-0.3, -0.25) is 38.7 Å². The number of carbonyl (C=O) groups excluding carboxylic acids is 6. The van der Waals surface area contributed by atoms with Gasteiger partial charge in [-0.15, -0.1) is 0 Å². The Bertz CT molecular complexity index is 5690. The second kappa shape index (κ2) is 30.0. The summed E-state index contributed by atoms with van der Waals surface area (Å²) in [6.45, 7) is 14.5. The molecule has 8 aromatic carbocycles. The summed E-state index contributed by atoms with van der Waals surface area (Å²) in [5.41, 5.74) is 1.72. The Morgan fingerprint density at radius 3 is 1.20 bits per heavy atom. The van der Waals surface area contributed by atoms with Gasteiger partial charge in [-0.1, -0.05) is 90.0 Å². The van der Waals surface area contributed by atoms with E-state index in [1.807, 2.05) is 13.8 Å². The first-order valence-corrected chi connectivity index (χ1v) is 35.1. The van der Waals surface area contributed by atoms with Gasteiger partial charge in [0, 0.05) is 48.0 Å². The van der Waals surface area contributed by atoms with Crippen molar-refractivity contribution in [3.63, 3.8) is 0 Å². The summed E-state index contributed by atoms with van der Waals surface area (Å²) in [5.74, 6) is -2.19. The van der Waals surface area contributed by atoms with Gasteiger partial charge < -0.3 is 25.8 Å². The maximum atomic E-state index is 13.9. The lowest BCUT2D eigenvalue weighted by Gasteiger charge is -2.21. The standard InChI is InChI=1S/C30H25F3N4O2.C28H23F3N4O2.C27H20F3N5O2/c1-18-8-11-20(12-9-18)36-27(38)22-16-19(10-13-23(22)30(31,32)33)21-6-4-7-24-26(21)29(2,3)28(39)37(24)17-25-34-14-5-15-35-25;1-16-7-10-18(11-8-16)34-25(36)20-13-17(9-12-21(20)28(29,30)31)19-5-4-6-22-24(19)27(2,3)26(37)35(22)23-14-32-15-33-23;1-26(2)22-18(7-3-8-21(22)35(24(26)37)25-32-12-5-13-33-25)16-9-10-20(27(28,29)30)19(14-16)23(36)34-17-6-4-11-31-15-17/h4-16H,17H2,1-3H3,(H,36,38);4-15H,1-3H3,(H,32,33)(H,34,36);3-15H,1-2H3,(H,34,36). The zero-order valence-corrected chi connectivity index (χ0v) is 61.5. The molecule has 0 unspecified atom stereocenters. The number of aromatic nitrogens is 7. The molecule has 3 aliphatic rings. The molecule has 572 valence electrons. The number of hydrogen-bond donors (Lipinski definition) is 4. The van der Waals surface area contributed by atoms with Crippen LogP contribution in [0.3, 0.4) is 0 Å². The van der Waals surface area contributed by atoms with Crippen LogP contribution >= 0.6 is 0 Å². The molecule has 0 fully saturated rings. The fraction of sp³-hybridized carbons (Fsp3) is 0.176. The number of alkyl halides is 9. The average molecular weight is 1540 g/mol. The van der Waals surface area contributed by atoms with Crippen LogP contribution in [0.25, 0.3) is 33.4 Å². The van der Waals surface area contributed by atoms with Crippen LogP contribution in [-0.4, -0.2) is 70.3 Å². The number of fused-ring (bicyclic) bond motifs is 3. The third kappa shape index (κ3) is 15.3. The van der Waals surface area contributed by atoms with Gasteiger partial charge in [-0.25, -0.2) is 29.8 Å². The van der Waals surface area contributed by atoms with E-state index in [0.717, 1.165) is 29.3 Å². The number of H-pyrrole nitrogens is 1. The normalized spacial score (nSPS) is 14.4. The Kier molecular flexibility index (Phi) is 20.6. The predicted octanol–water partition coefficient (Wildman–Crippen LogP) is 18.9. The first kappa shape index (κ1) is 77.6. The Hall–Kier alpha value is -13.5. The summed E-state index contributed by atoms with van der Waals surface area (Å²) < 4.78 is 125. The third-order valence-corrected chi connectivity index (χ3v) is 19.6. The monoisotopic (exact) mass is 1540 g/mol. The quantitative estimate of drug-likeness (QED) is 0.0788. The SMILES string of the molecule is CC1(C)C(=O)N(c2ncccn2)c2cccc(-c3ccc(C(F)(F)F)c(C(=O)Nc4cccnc4)c3)c21.Cc1ccc(NC(=O)c2cc(-c3cccc4c3C(C)(C)C(=O)N4Cc3ncccn3)ccc2C(F)(F)F)cc1.Cc1ccc(NC(=O)c2cc(-c3cccc4c3C(C)(C)C(=O)N4c3cnc[nH]3)ccc2C(F)(F)F)cc1. The van der Waals surface area contributed by atoms with E-state index in [9.17, 15) is 68.3 Å². The molecule has 0 atom stereocenters. The van der Waals surface area contributed by atoms with Crippen LogP contribution in [0.2, 0.25) is 0 Å². The van der Waals surface area contributed by atoms with Crippen molar-refractivity contribution in [1.29, 1.82) is 0 Å². The van der Waals surface area contributed by atoms with Crippen molar-refractivity contribution in [2.45, 2.75) is 96.7 Å². The molecule has 0 spiro atoms. The number of amides is 6. The van der Waals surface area contributed by atoms with Crippen LogP contribution in [-0.2, 0) is 55.7 Å². The lowest BCUT2D eigenvalue weighted by Crippen LogP contribution is -2.36. The summed E-state index contributed by atoms with van der Waals surface area (Å²) in [7, 11) is 0. The number of anilines is 8. The number of carbonyl (C=O) groups is 6. The van der Waals surface area contributed by atoms with Crippen molar-refractivity contribution in [2.75, 3.05) is 30.7 Å². The fourth-order valence-electron chi connectivity index (χ4n) is 14.1. The van der Waals surface area contributed by atoms with Crippen molar-refractivity contribution in [2.24, 2.45) is 0 Å². The number of aromatic amines is 1. The van der Waals surface area contributed by atoms with E-state index in [0.29, 0.717) is 90.2 Å². The molecule has 0 radical (unpaired) electrons. The molecule has 3 aliphatic heterocycles. The number of benzene rings is 8. The minimum absolute atomic E-state index is 0.150. The van der Waals surface area contributed by atoms with Gasteiger partial charge in [0.25, 0.3) is 17.7 Å². The summed E-state index contributed by atoms with van der Waals surface area (Å²) in [6.07, 6.45) is -2.17. The van der Waals surface area contributed by atoms with E-state index in [-0.39, 0.29) is 35.9 Å². The highest BCUT2D eigenvalue weighted by atomic mass is 19.4. The van der Waals surface area contributed by atoms with E-state index in [2.05, 4.69) is 50.8 Å². The third-order valence-electron chi connectivity index (χ3n) is 19.6. The number of rotatable bonds is 13. The Morgan fingerprint density at radius 2 is 0.796 bits per heavy atom. The highest BCUT2D eigenvalue weighted by Gasteiger charge is 2.50. The van der Waals surface area contributed by atoms with Crippen molar-refractivity contribution >= 4 is 81.3 Å². The smallest absolute Gasteiger partial charge is 0.331 e. The molecular formula is C85H68F9N13O6. The second-order valence-electron chi connectivity index (χ2n) is 28.4. The molecule has 0 bridgehead atoms. The number of nitrogens with one attached hydrogen (secondary N) is 4. The van der Waals surface area contributed by atoms with E-state index in [4.69, 9.17) is 0 Å². The van der Waals surface area contributed by atoms with E-state index < -0.39 is 85.9 Å². The first-order valence-electron chi connectivity index (χ1n) is 35.1. The highest BCUT2D eigenvalue weighted by Crippen LogP contribution is 2.53. The number of aryl methyl sites for hydroxylation is 2. The summed E-state index contributed by atoms with van der Waals surface area (Å²) in [6, 6.07) is 46.0. The van der Waals surface area contributed by atoms with Gasteiger partial charge >= 0.3 is 18.5 Å². The minimum atomic E-state index is -4.75. The molecule has 4 N–H and O–H groups in total. The fourth-order valence-corrected chi connectivity index (χ4v) is 14.1. The van der Waals surface area contributed by atoms with Gasteiger partial charge in [0.05, 0.1) is 92.0 Å². The van der Waals surface area contributed by atoms with Gasteiger partial charge in [0.15, 0.2) is 0 Å². The van der Waals surface area contributed by atoms with Crippen LogP contribution in [0.4, 0.5) is 85.4 Å². The van der Waals surface area contributed by atoms with E-state index in [1.165, 1.54) is 89.6 Å². The van der Waals surface area contributed by atoms with E-state index >= 15 is 0 Å². The molecule has 12 aromatic rings. The molecule has 19 nitrogen and oxygen atoms in total. The van der Waals surface area contributed by atoms with Gasteiger partial charge in [0.2, 0.25) is 23.7 Å². The topological polar surface area (TPSA) is 241 Å². The molecule has 6 amide bonds. The Morgan fingerprint density at radius 1 is 0.407 bits per heavy atom. The van der Waals surface area contributed by atoms with Crippen LogP contribution < -0.4 is 30.7 Å². The van der Waals surface area contributed by atoms with E-state index in [1.54, 1.807) is 180 Å². The molecule has 4 aromatic heterocycles. The van der Waals surface area contributed by atoms with Crippen molar-refractivity contribution in [3.05, 3.63) is 299 Å². The molecule has 0 aliphatic carbocycles. The van der Waals surface area contributed by atoms with Crippen LogP contribution in [0.5, 0.6) is 0 Å². The minimum Gasteiger partial charge on any atom is -0.331 e. The lowest BCUT2D eigenvalue weighted by molar-refractivity contribution is -0.138. The maximum absolute atomic E-state index is 13.9. The number of imidazole rings is 1. The van der Waals surface area contributed by atoms with Crippen LogP contribution in [0.1, 0.15) is 123 Å². The van der Waals surface area contributed by atoms with Gasteiger partial charge in [-0.05, 0) is 209 Å². The van der Waals surface area contributed by atoms with Crippen molar-refractivity contribution < 1.29 is 68.3 Å². The molecule has 113 heavy (non-hydrogen) atoms. The largest absolute Gasteiger partial charge is 0.417 e. The van der Waals surface area contributed by atoms with Gasteiger partial charge in [-0.2, -0.15) is 39.5 Å². The number of halogens is 9. The molecular weight excluding hydrogens is 1470 g/mol. The zero-order valence-electron chi connectivity index (χ0n) is 61.5. The maximum Gasteiger partial charge on any atom is 0.417 e. The second-order valence-corrected chi connectivity index (χ2v) is 28.4. The van der Waals surface area contributed by atoms with Crippen molar-refractivity contribution in [1.82, 2.24) is 34.9 Å². The van der Waals surface area contributed by atoms with Crippen molar-refractivity contribution in [3.8, 4) is 33.4 Å². The molecule has 28 heteroatoms. The Labute approximate surface area is 641 Å². The first-order chi connectivity index (χ1) is 53.5. The molecule has 15 rings (SSSR count). The summed E-state index contributed by atoms with van der Waals surface area (Å²) in [4.78, 5) is 112. The van der Waals surface area contributed by atoms with Crippen LogP contribution in [0.15, 0.2) is 232 Å². The van der Waals surface area contributed by atoms with Gasteiger partial charge in [0.1, 0.15) is 11.6 Å². The number of nitrogens with zero attached hydrogens (tertiary/aromatic N) is 9. The average Bonchev–Trinajstić information content (AvgIpc) is 1.64. The highest BCUT2D eigenvalue weighted by molar-refractivity contribution is 6.16. The predicted molar refractivity (Wildman–Crippen MR) is 408 cm³/mol. The Balaban J connectivity index is 0.000000148. The lowest BCUT2D eigenvalue weighted by atomic mass is 9.81. The summed E-state index contributed by atoms with van der Waals surface area (Å²) >= 11 is 0. The number of pyridine rings is 1. The molecule has 0 saturated carbocycles. The molecule has 7 heterocycles. The molecule has 0 saturated heterocycles. The zero-order chi connectivity index (χ0) is 80.9. The van der Waals surface area contributed by atoms with Crippen LogP contribution in [0, 0.1) is 13.8 Å².